The largest absolute Gasteiger partial charge is 0.478 e. The second-order valence-electron chi connectivity index (χ2n) is 6.82. The summed E-state index contributed by atoms with van der Waals surface area (Å²) in [5, 5.41) is 3.35. The van der Waals surface area contributed by atoms with Crippen LogP contribution in [0.2, 0.25) is 5.02 Å². The van der Waals surface area contributed by atoms with Crippen LogP contribution in [-0.4, -0.2) is 22.3 Å². The van der Waals surface area contributed by atoms with Gasteiger partial charge in [0, 0.05) is 26.8 Å². The Hall–Kier alpha value is -2.70. The van der Waals surface area contributed by atoms with Crippen LogP contribution in [0.15, 0.2) is 71.5 Å². The zero-order valence-electron chi connectivity index (χ0n) is 15.8. The molecule has 2 aromatic carbocycles. The lowest BCUT2D eigenvalue weighted by atomic mass is 10.0. The molecule has 0 bridgehead atoms. The molecule has 0 aliphatic carbocycles. The summed E-state index contributed by atoms with van der Waals surface area (Å²) in [6.07, 6.45) is 3.18. The fourth-order valence-electron chi connectivity index (χ4n) is 2.55. The van der Waals surface area contributed by atoms with Crippen molar-refractivity contribution in [3.05, 3.63) is 87.6 Å². The summed E-state index contributed by atoms with van der Waals surface area (Å²) in [4.78, 5) is 29.1. The Labute approximate surface area is 182 Å². The molecule has 0 unspecified atom stereocenters. The van der Waals surface area contributed by atoms with Crippen LogP contribution in [0.1, 0.15) is 29.8 Å². The first kappa shape index (κ1) is 21.0. The summed E-state index contributed by atoms with van der Waals surface area (Å²) < 4.78 is 6.61. The van der Waals surface area contributed by atoms with Crippen molar-refractivity contribution in [1.29, 1.82) is 0 Å². The third-order valence-electron chi connectivity index (χ3n) is 4.11. The van der Waals surface area contributed by atoms with Gasteiger partial charge in [-0.1, -0.05) is 11.6 Å². The van der Waals surface area contributed by atoms with Crippen LogP contribution in [0.4, 0.5) is 5.69 Å². The SMILES string of the molecule is CC(C)(Oc1ccc(C(=O)c2ccc(Cl)cc2)cc1)C(=O)Nc1cncc(Br)c1. The molecule has 0 radical (unpaired) electrons. The first-order chi connectivity index (χ1) is 13.7. The molecule has 0 fully saturated rings. The van der Waals surface area contributed by atoms with E-state index in [1.54, 1.807) is 80.8 Å². The summed E-state index contributed by atoms with van der Waals surface area (Å²) in [7, 11) is 0. The van der Waals surface area contributed by atoms with E-state index in [0.717, 1.165) is 4.47 Å². The average Bonchev–Trinajstić information content (AvgIpc) is 2.68. The van der Waals surface area contributed by atoms with E-state index < -0.39 is 5.60 Å². The van der Waals surface area contributed by atoms with E-state index in [1.807, 2.05) is 0 Å². The predicted molar refractivity (Wildman–Crippen MR) is 117 cm³/mol. The van der Waals surface area contributed by atoms with Gasteiger partial charge in [0.15, 0.2) is 11.4 Å². The van der Waals surface area contributed by atoms with Gasteiger partial charge in [0.25, 0.3) is 5.91 Å². The molecule has 1 heterocycles. The van der Waals surface area contributed by atoms with Crippen molar-refractivity contribution in [2.45, 2.75) is 19.4 Å². The number of amides is 1. The van der Waals surface area contributed by atoms with Gasteiger partial charge in [-0.25, -0.2) is 0 Å². The first-order valence-electron chi connectivity index (χ1n) is 8.76. The van der Waals surface area contributed by atoms with Gasteiger partial charge in [0.1, 0.15) is 5.75 Å². The second-order valence-corrected chi connectivity index (χ2v) is 8.17. The number of aromatic nitrogens is 1. The molecule has 7 heteroatoms. The van der Waals surface area contributed by atoms with E-state index in [9.17, 15) is 9.59 Å². The van der Waals surface area contributed by atoms with Crippen LogP contribution in [0.3, 0.4) is 0 Å². The minimum atomic E-state index is -1.13. The molecular weight excluding hydrogens is 456 g/mol. The summed E-state index contributed by atoms with van der Waals surface area (Å²) in [6, 6.07) is 15.1. The number of anilines is 1. The molecule has 1 N–H and O–H groups in total. The normalized spacial score (nSPS) is 11.0. The zero-order valence-corrected chi connectivity index (χ0v) is 18.1. The number of carbonyl (C=O) groups is 2. The van der Waals surface area contributed by atoms with Crippen molar-refractivity contribution in [3.63, 3.8) is 0 Å². The Kier molecular flexibility index (Phi) is 6.35. The van der Waals surface area contributed by atoms with Gasteiger partial charge in [0.2, 0.25) is 0 Å². The number of pyridine rings is 1. The highest BCUT2D eigenvalue weighted by atomic mass is 79.9. The number of carbonyl (C=O) groups excluding carboxylic acids is 2. The van der Waals surface area contributed by atoms with Crippen LogP contribution in [-0.2, 0) is 4.79 Å². The Morgan fingerprint density at radius 3 is 2.17 bits per heavy atom. The number of hydrogen-bond acceptors (Lipinski definition) is 4. The summed E-state index contributed by atoms with van der Waals surface area (Å²) >= 11 is 9.18. The fourth-order valence-corrected chi connectivity index (χ4v) is 3.04. The molecule has 0 saturated carbocycles. The number of halogens is 2. The molecule has 1 amide bonds. The summed E-state index contributed by atoms with van der Waals surface area (Å²) in [5.41, 5.74) is 0.488. The maximum atomic E-state index is 12.6. The van der Waals surface area contributed by atoms with Crippen LogP contribution in [0.25, 0.3) is 0 Å². The average molecular weight is 474 g/mol. The van der Waals surface area contributed by atoms with Crippen LogP contribution < -0.4 is 10.1 Å². The minimum Gasteiger partial charge on any atom is -0.478 e. The third-order valence-corrected chi connectivity index (χ3v) is 4.79. The highest BCUT2D eigenvalue weighted by molar-refractivity contribution is 9.10. The van der Waals surface area contributed by atoms with Crippen LogP contribution >= 0.6 is 27.5 Å². The predicted octanol–water partition coefficient (Wildman–Crippen LogP) is 5.52. The van der Waals surface area contributed by atoms with Gasteiger partial charge in [-0.3, -0.25) is 14.6 Å². The van der Waals surface area contributed by atoms with Gasteiger partial charge < -0.3 is 10.1 Å². The number of benzene rings is 2. The number of hydrogen-bond donors (Lipinski definition) is 1. The van der Waals surface area contributed by atoms with Crippen molar-refractivity contribution < 1.29 is 14.3 Å². The van der Waals surface area contributed by atoms with Gasteiger partial charge in [-0.2, -0.15) is 0 Å². The molecular formula is C22H18BrClN2O3. The van der Waals surface area contributed by atoms with Crippen molar-refractivity contribution in [2.24, 2.45) is 0 Å². The Morgan fingerprint density at radius 1 is 1.00 bits per heavy atom. The summed E-state index contributed by atoms with van der Waals surface area (Å²) in [5.74, 6) is 0.0382. The van der Waals surface area contributed by atoms with Gasteiger partial charge in [-0.05, 0) is 84.4 Å². The molecule has 29 heavy (non-hydrogen) atoms. The zero-order chi connectivity index (χ0) is 21.0. The lowest BCUT2D eigenvalue weighted by molar-refractivity contribution is -0.128. The first-order valence-corrected chi connectivity index (χ1v) is 9.93. The lowest BCUT2D eigenvalue weighted by Crippen LogP contribution is -2.42. The number of rotatable bonds is 6. The minimum absolute atomic E-state index is 0.118. The van der Waals surface area contributed by atoms with Crippen molar-refractivity contribution in [3.8, 4) is 5.75 Å². The van der Waals surface area contributed by atoms with E-state index in [0.29, 0.717) is 27.6 Å². The second kappa shape index (κ2) is 8.76. The Morgan fingerprint density at radius 2 is 1.59 bits per heavy atom. The molecule has 0 spiro atoms. The van der Waals surface area contributed by atoms with Gasteiger partial charge in [0.05, 0.1) is 11.9 Å². The number of nitrogens with zero attached hydrogens (tertiary/aromatic N) is 1. The number of ether oxygens (including phenoxy) is 1. The topological polar surface area (TPSA) is 68.3 Å². The molecule has 5 nitrogen and oxygen atoms in total. The quantitative estimate of drug-likeness (QED) is 0.478. The lowest BCUT2D eigenvalue weighted by Gasteiger charge is -2.25. The molecule has 0 saturated heterocycles. The number of ketones is 1. The maximum absolute atomic E-state index is 12.6. The molecule has 3 rings (SSSR count). The fraction of sp³-hybridized carbons (Fsp3) is 0.136. The van der Waals surface area contributed by atoms with E-state index >= 15 is 0 Å². The van der Waals surface area contributed by atoms with E-state index in [2.05, 4.69) is 26.2 Å². The maximum Gasteiger partial charge on any atom is 0.268 e. The Balaban J connectivity index is 1.68. The van der Waals surface area contributed by atoms with E-state index in [1.165, 1.54) is 0 Å². The number of nitrogens with one attached hydrogen (secondary N) is 1. The third kappa shape index (κ3) is 5.43. The highest BCUT2D eigenvalue weighted by Crippen LogP contribution is 2.23. The van der Waals surface area contributed by atoms with Gasteiger partial charge >= 0.3 is 0 Å². The van der Waals surface area contributed by atoms with Crippen molar-refractivity contribution in [1.82, 2.24) is 4.98 Å². The molecule has 148 valence electrons. The highest BCUT2D eigenvalue weighted by Gasteiger charge is 2.30. The Bertz CT molecular complexity index is 1030. The van der Waals surface area contributed by atoms with Crippen LogP contribution in [0, 0.1) is 0 Å². The van der Waals surface area contributed by atoms with Crippen molar-refractivity contribution in [2.75, 3.05) is 5.32 Å². The van der Waals surface area contributed by atoms with E-state index in [-0.39, 0.29) is 11.7 Å². The molecule has 1 aromatic heterocycles. The van der Waals surface area contributed by atoms with E-state index in [4.69, 9.17) is 16.3 Å². The van der Waals surface area contributed by atoms with Crippen molar-refractivity contribution >= 4 is 44.9 Å². The smallest absolute Gasteiger partial charge is 0.268 e. The van der Waals surface area contributed by atoms with Gasteiger partial charge in [-0.15, -0.1) is 0 Å². The van der Waals surface area contributed by atoms with Crippen LogP contribution in [0.5, 0.6) is 5.75 Å². The summed E-state index contributed by atoms with van der Waals surface area (Å²) in [6.45, 7) is 3.33. The molecule has 3 aromatic rings. The molecule has 0 aliphatic rings. The monoisotopic (exact) mass is 472 g/mol. The molecule has 0 aliphatic heterocycles. The molecule has 0 atom stereocenters. The standard InChI is InChI=1S/C22H18BrClN2O3/c1-22(2,21(28)26-18-11-16(23)12-25-13-18)29-19-9-5-15(6-10-19)20(27)14-3-7-17(24)8-4-14/h3-13H,1-2H3,(H,26,28).